The fourth-order valence-electron chi connectivity index (χ4n) is 4.81. The lowest BCUT2D eigenvalue weighted by Gasteiger charge is -2.32. The van der Waals surface area contributed by atoms with Gasteiger partial charge in [-0.15, -0.1) is 0 Å². The molecule has 2 fully saturated rings. The Labute approximate surface area is 149 Å². The lowest BCUT2D eigenvalue weighted by atomic mass is 9.84. The second-order valence-electron chi connectivity index (χ2n) is 6.93. The first-order valence-electron chi connectivity index (χ1n) is 8.54. The Kier molecular flexibility index (Phi) is 3.73. The van der Waals surface area contributed by atoms with Crippen molar-refractivity contribution >= 4 is 33.5 Å². The van der Waals surface area contributed by atoms with Crippen LogP contribution in [0.15, 0.2) is 16.6 Å². The van der Waals surface area contributed by atoms with Crippen molar-refractivity contribution in [3.8, 4) is 0 Å². The zero-order valence-corrected chi connectivity index (χ0v) is 15.5. The summed E-state index contributed by atoms with van der Waals surface area (Å²) in [4.78, 5) is 27.8. The van der Waals surface area contributed by atoms with Crippen molar-refractivity contribution in [2.45, 2.75) is 44.7 Å². The van der Waals surface area contributed by atoms with Gasteiger partial charge in [0.25, 0.3) is 0 Å². The summed E-state index contributed by atoms with van der Waals surface area (Å²) in [5.41, 5.74) is 2.21. The molecule has 0 bridgehead atoms. The molecule has 0 saturated carbocycles. The smallest absolute Gasteiger partial charge is 0.310 e. The number of benzene rings is 1. The fraction of sp³-hybridized carbons (Fsp3) is 0.556. The van der Waals surface area contributed by atoms with Crippen LogP contribution in [0.4, 0.5) is 5.69 Å². The third-order valence-corrected chi connectivity index (χ3v) is 6.18. The van der Waals surface area contributed by atoms with Crippen LogP contribution >= 0.6 is 15.9 Å². The minimum Gasteiger partial charge on any atom is -0.466 e. The first-order valence-corrected chi connectivity index (χ1v) is 9.33. The summed E-state index contributed by atoms with van der Waals surface area (Å²) in [6, 6.07) is 4.14. The highest BCUT2D eigenvalue weighted by Crippen LogP contribution is 2.55. The van der Waals surface area contributed by atoms with E-state index in [2.05, 4.69) is 26.1 Å². The van der Waals surface area contributed by atoms with E-state index in [1.165, 1.54) is 0 Å². The Morgan fingerprint density at radius 2 is 2.29 bits per heavy atom. The maximum absolute atomic E-state index is 13.1. The summed E-state index contributed by atoms with van der Waals surface area (Å²) in [7, 11) is 0. The fourth-order valence-corrected chi connectivity index (χ4v) is 5.38. The number of carbonyl (C=O) groups excluding carboxylic acids is 2. The van der Waals surface area contributed by atoms with Gasteiger partial charge in [-0.05, 0) is 57.4 Å². The van der Waals surface area contributed by atoms with Gasteiger partial charge in [-0.1, -0.05) is 15.9 Å². The highest BCUT2D eigenvalue weighted by atomic mass is 79.9. The molecule has 6 heteroatoms. The zero-order valence-electron chi connectivity index (χ0n) is 13.9. The van der Waals surface area contributed by atoms with E-state index in [0.29, 0.717) is 13.0 Å². The monoisotopic (exact) mass is 392 g/mol. The van der Waals surface area contributed by atoms with Gasteiger partial charge in [0.1, 0.15) is 5.54 Å². The topological polar surface area (TPSA) is 58.6 Å². The van der Waals surface area contributed by atoms with Crippen LogP contribution < -0.4 is 5.32 Å². The van der Waals surface area contributed by atoms with E-state index in [1.54, 1.807) is 0 Å². The SMILES string of the molecule is CCOC(=O)[C@H]1C[C@@]2(C(=O)Nc3c(C)cc(Br)cc32)N2CCC[C@H]12. The highest BCUT2D eigenvalue weighted by molar-refractivity contribution is 9.10. The van der Waals surface area contributed by atoms with E-state index in [0.717, 1.165) is 40.7 Å². The molecule has 0 unspecified atom stereocenters. The molecular formula is C18H21BrN2O3. The molecule has 128 valence electrons. The molecule has 4 rings (SSSR count). The van der Waals surface area contributed by atoms with Gasteiger partial charge >= 0.3 is 5.97 Å². The second kappa shape index (κ2) is 5.56. The summed E-state index contributed by atoms with van der Waals surface area (Å²) in [5.74, 6) is -0.403. The van der Waals surface area contributed by atoms with Gasteiger partial charge in [-0.25, -0.2) is 0 Å². The van der Waals surface area contributed by atoms with Crippen LogP contribution in [-0.4, -0.2) is 36.0 Å². The normalized spacial score (nSPS) is 31.2. The van der Waals surface area contributed by atoms with Crippen LogP contribution in [0.5, 0.6) is 0 Å². The molecule has 3 aliphatic heterocycles. The first-order chi connectivity index (χ1) is 11.5. The van der Waals surface area contributed by atoms with E-state index in [9.17, 15) is 9.59 Å². The molecule has 1 aromatic carbocycles. The number of aryl methyl sites for hydroxylation is 1. The van der Waals surface area contributed by atoms with Crippen molar-refractivity contribution in [1.82, 2.24) is 4.90 Å². The van der Waals surface area contributed by atoms with Gasteiger partial charge < -0.3 is 10.1 Å². The molecule has 0 aromatic heterocycles. The Morgan fingerprint density at radius 3 is 3.04 bits per heavy atom. The van der Waals surface area contributed by atoms with Gasteiger partial charge in [0, 0.05) is 21.8 Å². The number of anilines is 1. The van der Waals surface area contributed by atoms with Gasteiger partial charge in [0.15, 0.2) is 0 Å². The number of fused-ring (bicyclic) bond motifs is 4. The average molecular weight is 393 g/mol. The quantitative estimate of drug-likeness (QED) is 0.785. The molecule has 5 nitrogen and oxygen atoms in total. The maximum atomic E-state index is 13.1. The van der Waals surface area contributed by atoms with Gasteiger partial charge in [0.05, 0.1) is 12.5 Å². The molecule has 1 amide bonds. The van der Waals surface area contributed by atoms with Gasteiger partial charge in [-0.3, -0.25) is 14.5 Å². The number of amides is 1. The number of ether oxygens (including phenoxy) is 1. The molecule has 0 aliphatic carbocycles. The van der Waals surface area contributed by atoms with Crippen molar-refractivity contribution in [2.75, 3.05) is 18.5 Å². The predicted molar refractivity (Wildman–Crippen MR) is 93.7 cm³/mol. The van der Waals surface area contributed by atoms with Crippen molar-refractivity contribution in [2.24, 2.45) is 5.92 Å². The largest absolute Gasteiger partial charge is 0.466 e. The van der Waals surface area contributed by atoms with Crippen LogP contribution in [-0.2, 0) is 19.9 Å². The summed E-state index contributed by atoms with van der Waals surface area (Å²) in [6.45, 7) is 5.05. The van der Waals surface area contributed by atoms with Crippen LogP contribution in [0.1, 0.15) is 37.3 Å². The minimum absolute atomic E-state index is 0.00241. The summed E-state index contributed by atoms with van der Waals surface area (Å²) < 4.78 is 6.26. The molecule has 0 radical (unpaired) electrons. The summed E-state index contributed by atoms with van der Waals surface area (Å²) in [6.07, 6.45) is 2.46. The number of hydrogen-bond acceptors (Lipinski definition) is 4. The summed E-state index contributed by atoms with van der Waals surface area (Å²) >= 11 is 3.56. The van der Waals surface area contributed by atoms with Crippen molar-refractivity contribution in [3.63, 3.8) is 0 Å². The zero-order chi connectivity index (χ0) is 17.1. The van der Waals surface area contributed by atoms with Crippen LogP contribution in [0.3, 0.4) is 0 Å². The van der Waals surface area contributed by atoms with E-state index in [4.69, 9.17) is 4.74 Å². The number of hydrogen-bond donors (Lipinski definition) is 1. The molecular weight excluding hydrogens is 372 g/mol. The molecule has 24 heavy (non-hydrogen) atoms. The Morgan fingerprint density at radius 1 is 1.50 bits per heavy atom. The number of carbonyl (C=O) groups is 2. The predicted octanol–water partition coefficient (Wildman–Crippen LogP) is 2.95. The number of nitrogens with one attached hydrogen (secondary N) is 1. The number of rotatable bonds is 2. The molecule has 1 aromatic rings. The molecule has 3 atom stereocenters. The summed E-state index contributed by atoms with van der Waals surface area (Å²) in [5, 5.41) is 3.08. The molecule has 1 N–H and O–H groups in total. The van der Waals surface area contributed by atoms with Gasteiger partial charge in [0.2, 0.25) is 5.91 Å². The molecule has 2 saturated heterocycles. The molecule has 3 heterocycles. The van der Waals surface area contributed by atoms with Crippen LogP contribution in [0, 0.1) is 12.8 Å². The molecule has 1 spiro atoms. The minimum atomic E-state index is -0.734. The van der Waals surface area contributed by atoms with E-state index >= 15 is 0 Å². The number of esters is 1. The van der Waals surface area contributed by atoms with Crippen molar-refractivity contribution < 1.29 is 14.3 Å². The Balaban J connectivity index is 1.84. The number of halogens is 1. The Bertz CT molecular complexity index is 735. The van der Waals surface area contributed by atoms with E-state index < -0.39 is 5.54 Å². The Hall–Kier alpha value is -1.40. The van der Waals surface area contributed by atoms with E-state index in [-0.39, 0.29) is 23.8 Å². The van der Waals surface area contributed by atoms with Crippen LogP contribution in [0.25, 0.3) is 0 Å². The third-order valence-electron chi connectivity index (χ3n) is 5.72. The lowest BCUT2D eigenvalue weighted by Crippen LogP contribution is -2.47. The average Bonchev–Trinajstić information content (AvgIpc) is 3.17. The lowest BCUT2D eigenvalue weighted by molar-refractivity contribution is -0.148. The third kappa shape index (κ3) is 2.02. The standard InChI is InChI=1S/C18H21BrN2O3/c1-3-24-16(22)12-9-18(21-6-4-5-14(12)21)13-8-11(19)7-10(2)15(13)20-17(18)23/h7-8,12,14H,3-6,9H2,1-2H3,(H,20,23)/t12-,14+,18+/m0/s1. The highest BCUT2D eigenvalue weighted by Gasteiger charge is 2.63. The van der Waals surface area contributed by atoms with Crippen LogP contribution in [0.2, 0.25) is 0 Å². The molecule has 3 aliphatic rings. The van der Waals surface area contributed by atoms with Crippen molar-refractivity contribution in [1.29, 1.82) is 0 Å². The first kappa shape index (κ1) is 16.1. The van der Waals surface area contributed by atoms with Gasteiger partial charge in [-0.2, -0.15) is 0 Å². The maximum Gasteiger partial charge on any atom is 0.310 e. The second-order valence-corrected chi connectivity index (χ2v) is 7.84. The van der Waals surface area contributed by atoms with E-state index in [1.807, 2.05) is 26.0 Å². The van der Waals surface area contributed by atoms with Crippen molar-refractivity contribution in [3.05, 3.63) is 27.7 Å². The number of nitrogens with zero attached hydrogens (tertiary/aromatic N) is 1.